The van der Waals surface area contributed by atoms with Crippen LogP contribution in [-0.2, 0) is 10.9 Å². The maximum atomic E-state index is 11.8. The summed E-state index contributed by atoms with van der Waals surface area (Å²) in [6, 6.07) is 1.92. The second-order valence-electron chi connectivity index (χ2n) is 5.43. The summed E-state index contributed by atoms with van der Waals surface area (Å²) in [5.41, 5.74) is 3.91. The predicted octanol–water partition coefficient (Wildman–Crippen LogP) is 0.444. The Morgan fingerprint density at radius 1 is 1.22 bits per heavy atom. The SMILES string of the molecule is Nc1cncc(C(F)(F)F)n1.OC1CCOC(COc2ncccn2)C1O. The highest BCUT2D eigenvalue weighted by molar-refractivity contribution is 5.24. The third-order valence-electron chi connectivity index (χ3n) is 3.38. The Labute approximate surface area is 152 Å². The molecular formula is C15H18F3N5O4. The molecule has 3 rings (SSSR count). The molecule has 0 aromatic carbocycles. The van der Waals surface area contributed by atoms with Gasteiger partial charge in [-0.25, -0.2) is 15.0 Å². The summed E-state index contributed by atoms with van der Waals surface area (Å²) in [6.07, 6.45) is -1.43. The number of hydrogen-bond acceptors (Lipinski definition) is 9. The van der Waals surface area contributed by atoms with Gasteiger partial charge in [0.15, 0.2) is 5.69 Å². The first-order valence-corrected chi connectivity index (χ1v) is 7.79. The lowest BCUT2D eigenvalue weighted by molar-refractivity contribution is -0.145. The normalized spacial score (nSPS) is 22.5. The zero-order chi connectivity index (χ0) is 19.9. The van der Waals surface area contributed by atoms with Gasteiger partial charge in [-0.1, -0.05) is 0 Å². The van der Waals surface area contributed by atoms with Gasteiger partial charge in [-0.15, -0.1) is 0 Å². The number of aromatic nitrogens is 4. The molecule has 0 bridgehead atoms. The summed E-state index contributed by atoms with van der Waals surface area (Å²) in [6.45, 7) is 0.546. The minimum atomic E-state index is -4.47. The van der Waals surface area contributed by atoms with Gasteiger partial charge in [-0.05, 0) is 12.5 Å². The van der Waals surface area contributed by atoms with Crippen LogP contribution >= 0.6 is 0 Å². The standard InChI is InChI=1S/C10H14N2O4.C5H4F3N3/c13-7-2-5-15-8(9(7)14)6-16-10-11-3-1-4-12-10;6-5(7,8)3-1-10-2-4(9)11-3/h1,3-4,7-9,13-14H,2,5-6H2;1-2H,(H2,9,11). The second kappa shape index (κ2) is 9.39. The van der Waals surface area contributed by atoms with Crippen molar-refractivity contribution in [2.24, 2.45) is 0 Å². The van der Waals surface area contributed by atoms with Crippen LogP contribution in [0, 0.1) is 0 Å². The van der Waals surface area contributed by atoms with Crippen molar-refractivity contribution in [2.45, 2.75) is 30.9 Å². The molecular weight excluding hydrogens is 371 g/mol. The molecule has 3 unspecified atom stereocenters. The second-order valence-corrected chi connectivity index (χ2v) is 5.43. The monoisotopic (exact) mass is 389 g/mol. The summed E-state index contributed by atoms with van der Waals surface area (Å²) in [7, 11) is 0. The van der Waals surface area contributed by atoms with E-state index in [-0.39, 0.29) is 18.4 Å². The topological polar surface area (TPSA) is 136 Å². The number of halogens is 3. The van der Waals surface area contributed by atoms with Gasteiger partial charge in [0.2, 0.25) is 0 Å². The van der Waals surface area contributed by atoms with Gasteiger partial charge in [0.25, 0.3) is 0 Å². The van der Waals surface area contributed by atoms with Crippen LogP contribution in [-0.4, -0.2) is 61.7 Å². The summed E-state index contributed by atoms with van der Waals surface area (Å²) in [5.74, 6) is -0.236. The number of rotatable bonds is 3. The molecule has 0 spiro atoms. The molecule has 2 aromatic heterocycles. The number of nitrogens with two attached hydrogens (primary N) is 1. The van der Waals surface area contributed by atoms with Crippen LogP contribution in [0.25, 0.3) is 0 Å². The molecule has 3 atom stereocenters. The van der Waals surface area contributed by atoms with E-state index in [1.165, 1.54) is 0 Å². The molecule has 3 heterocycles. The third kappa shape index (κ3) is 6.58. The number of nitrogen functional groups attached to an aromatic ring is 1. The van der Waals surface area contributed by atoms with Crippen molar-refractivity contribution in [1.29, 1.82) is 0 Å². The molecule has 1 fully saturated rings. The molecule has 1 saturated heterocycles. The van der Waals surface area contributed by atoms with Gasteiger partial charge in [-0.2, -0.15) is 13.2 Å². The lowest BCUT2D eigenvalue weighted by atomic mass is 10.0. The van der Waals surface area contributed by atoms with Crippen molar-refractivity contribution in [3.05, 3.63) is 36.5 Å². The van der Waals surface area contributed by atoms with E-state index < -0.39 is 30.2 Å². The maximum absolute atomic E-state index is 11.8. The van der Waals surface area contributed by atoms with Crippen molar-refractivity contribution >= 4 is 5.82 Å². The van der Waals surface area contributed by atoms with E-state index in [1.807, 2.05) is 0 Å². The van der Waals surface area contributed by atoms with Crippen molar-refractivity contribution < 1.29 is 32.9 Å². The van der Waals surface area contributed by atoms with E-state index in [0.717, 1.165) is 6.20 Å². The van der Waals surface area contributed by atoms with Crippen molar-refractivity contribution in [2.75, 3.05) is 18.9 Å². The van der Waals surface area contributed by atoms with E-state index in [0.29, 0.717) is 19.2 Å². The van der Waals surface area contributed by atoms with Crippen molar-refractivity contribution in [3.8, 4) is 6.01 Å². The number of alkyl halides is 3. The fourth-order valence-electron chi connectivity index (χ4n) is 2.04. The minimum absolute atomic E-state index is 0.127. The maximum Gasteiger partial charge on any atom is 0.434 e. The molecule has 1 aliphatic heterocycles. The first kappa shape index (κ1) is 20.7. The number of ether oxygens (including phenoxy) is 2. The summed E-state index contributed by atoms with van der Waals surface area (Å²) in [5, 5.41) is 19.0. The molecule has 0 aliphatic carbocycles. The highest BCUT2D eigenvalue weighted by atomic mass is 19.4. The lowest BCUT2D eigenvalue weighted by Gasteiger charge is -2.31. The predicted molar refractivity (Wildman–Crippen MR) is 85.3 cm³/mol. The van der Waals surface area contributed by atoms with Crippen LogP contribution in [0.3, 0.4) is 0 Å². The Kier molecular flexibility index (Phi) is 7.21. The third-order valence-corrected chi connectivity index (χ3v) is 3.38. The number of nitrogens with zero attached hydrogens (tertiary/aromatic N) is 4. The molecule has 0 saturated carbocycles. The first-order valence-electron chi connectivity index (χ1n) is 7.79. The highest BCUT2D eigenvalue weighted by Crippen LogP contribution is 2.26. The zero-order valence-corrected chi connectivity index (χ0v) is 14.0. The Balaban J connectivity index is 0.000000208. The van der Waals surface area contributed by atoms with E-state index in [4.69, 9.17) is 15.2 Å². The molecule has 148 valence electrons. The molecule has 4 N–H and O–H groups in total. The zero-order valence-electron chi connectivity index (χ0n) is 14.0. The lowest BCUT2D eigenvalue weighted by Crippen LogP contribution is -2.47. The van der Waals surface area contributed by atoms with Crippen LogP contribution < -0.4 is 10.5 Å². The summed E-state index contributed by atoms with van der Waals surface area (Å²) < 4.78 is 46.0. The molecule has 9 nitrogen and oxygen atoms in total. The van der Waals surface area contributed by atoms with Gasteiger partial charge >= 0.3 is 12.2 Å². The number of anilines is 1. The van der Waals surface area contributed by atoms with E-state index in [9.17, 15) is 23.4 Å². The smallest absolute Gasteiger partial charge is 0.434 e. The van der Waals surface area contributed by atoms with Crippen LogP contribution in [0.2, 0.25) is 0 Å². The quantitative estimate of drug-likeness (QED) is 0.683. The van der Waals surface area contributed by atoms with Crippen LogP contribution in [0.5, 0.6) is 6.01 Å². The Morgan fingerprint density at radius 2 is 1.93 bits per heavy atom. The van der Waals surface area contributed by atoms with Crippen LogP contribution in [0.15, 0.2) is 30.9 Å². The van der Waals surface area contributed by atoms with Crippen molar-refractivity contribution in [1.82, 2.24) is 19.9 Å². The van der Waals surface area contributed by atoms with Gasteiger partial charge < -0.3 is 25.4 Å². The Bertz CT molecular complexity index is 707. The first-order chi connectivity index (χ1) is 12.8. The van der Waals surface area contributed by atoms with Gasteiger partial charge in [0, 0.05) is 19.0 Å². The molecule has 27 heavy (non-hydrogen) atoms. The van der Waals surface area contributed by atoms with Gasteiger partial charge in [0.05, 0.1) is 18.5 Å². The molecule has 2 aromatic rings. The molecule has 12 heteroatoms. The molecule has 0 amide bonds. The Morgan fingerprint density at radius 3 is 2.52 bits per heavy atom. The number of hydrogen-bond donors (Lipinski definition) is 3. The van der Waals surface area contributed by atoms with Gasteiger partial charge in [0.1, 0.15) is 24.6 Å². The van der Waals surface area contributed by atoms with Crippen LogP contribution in [0.1, 0.15) is 12.1 Å². The summed E-state index contributed by atoms with van der Waals surface area (Å²) >= 11 is 0. The molecule has 1 aliphatic rings. The Hall–Kier alpha value is -2.57. The number of aliphatic hydroxyl groups excluding tert-OH is 2. The average Bonchev–Trinajstić information content (AvgIpc) is 2.64. The fraction of sp³-hybridized carbons (Fsp3) is 0.467. The molecule has 0 radical (unpaired) electrons. The largest absolute Gasteiger partial charge is 0.461 e. The minimum Gasteiger partial charge on any atom is -0.461 e. The van der Waals surface area contributed by atoms with E-state index in [1.54, 1.807) is 18.5 Å². The van der Waals surface area contributed by atoms with Gasteiger partial charge in [-0.3, -0.25) is 4.98 Å². The fourth-order valence-corrected chi connectivity index (χ4v) is 2.04. The summed E-state index contributed by atoms with van der Waals surface area (Å²) in [4.78, 5) is 14.0. The van der Waals surface area contributed by atoms with Crippen molar-refractivity contribution in [3.63, 3.8) is 0 Å². The average molecular weight is 389 g/mol. The van der Waals surface area contributed by atoms with E-state index >= 15 is 0 Å². The van der Waals surface area contributed by atoms with E-state index in [2.05, 4.69) is 19.9 Å². The van der Waals surface area contributed by atoms with Crippen LogP contribution in [0.4, 0.5) is 19.0 Å². The highest BCUT2D eigenvalue weighted by Gasteiger charge is 2.33. The number of aliphatic hydroxyl groups is 2.